The van der Waals surface area contributed by atoms with E-state index in [4.69, 9.17) is 17.3 Å². The normalized spacial score (nSPS) is 15.8. The van der Waals surface area contributed by atoms with Crippen LogP contribution in [-0.4, -0.2) is 11.5 Å². The van der Waals surface area contributed by atoms with Crippen LogP contribution in [0, 0.1) is 5.92 Å². The van der Waals surface area contributed by atoms with Gasteiger partial charge in [-0.2, -0.15) is 0 Å². The molecule has 0 radical (unpaired) electrons. The minimum atomic E-state index is 0.479. The Morgan fingerprint density at radius 3 is 3.00 bits per heavy atom. The molecule has 0 saturated heterocycles. The van der Waals surface area contributed by atoms with E-state index in [9.17, 15) is 0 Å². The summed E-state index contributed by atoms with van der Waals surface area (Å²) >= 11 is 5.74. The molecule has 1 aliphatic rings. The van der Waals surface area contributed by atoms with Crippen LogP contribution < -0.4 is 11.1 Å². The van der Waals surface area contributed by atoms with E-state index >= 15 is 0 Å². The van der Waals surface area contributed by atoms with Crippen LogP contribution in [0.25, 0.3) is 0 Å². The zero-order valence-corrected chi connectivity index (χ0v) is 8.01. The fraction of sp³-hybridized carbons (Fsp3) is 0.444. The Hall–Kier alpha value is -0.960. The van der Waals surface area contributed by atoms with Gasteiger partial charge in [0.1, 0.15) is 5.15 Å². The van der Waals surface area contributed by atoms with Crippen molar-refractivity contribution in [3.8, 4) is 0 Å². The number of nitrogens with two attached hydrogens (primary N) is 1. The molecule has 3 N–H and O–H groups in total. The van der Waals surface area contributed by atoms with Crippen molar-refractivity contribution >= 4 is 23.1 Å². The number of aromatic nitrogens is 1. The molecule has 0 aliphatic heterocycles. The second-order valence-corrected chi connectivity index (χ2v) is 3.78. The molecular weight excluding hydrogens is 186 g/mol. The third-order valence-electron chi connectivity index (χ3n) is 2.15. The van der Waals surface area contributed by atoms with E-state index in [1.165, 1.54) is 12.8 Å². The van der Waals surface area contributed by atoms with Gasteiger partial charge >= 0.3 is 0 Å². The Morgan fingerprint density at radius 2 is 2.31 bits per heavy atom. The molecule has 1 heterocycles. The van der Waals surface area contributed by atoms with Gasteiger partial charge in [-0.1, -0.05) is 11.6 Å². The summed E-state index contributed by atoms with van der Waals surface area (Å²) < 4.78 is 0. The maximum atomic E-state index is 5.74. The molecule has 1 saturated carbocycles. The van der Waals surface area contributed by atoms with Crippen LogP contribution in [0.1, 0.15) is 12.8 Å². The van der Waals surface area contributed by atoms with Crippen molar-refractivity contribution in [2.24, 2.45) is 5.92 Å². The molecule has 1 aromatic heterocycles. The fourth-order valence-electron chi connectivity index (χ4n) is 1.15. The van der Waals surface area contributed by atoms with E-state index in [0.717, 1.165) is 12.5 Å². The van der Waals surface area contributed by atoms with Gasteiger partial charge in [-0.25, -0.2) is 4.98 Å². The number of rotatable bonds is 3. The first-order chi connectivity index (χ1) is 6.25. The lowest BCUT2D eigenvalue weighted by Crippen LogP contribution is -2.07. The van der Waals surface area contributed by atoms with Gasteiger partial charge in [-0.15, -0.1) is 0 Å². The first-order valence-electron chi connectivity index (χ1n) is 4.41. The van der Waals surface area contributed by atoms with E-state index < -0.39 is 0 Å². The molecule has 1 aliphatic carbocycles. The smallest absolute Gasteiger partial charge is 0.150 e. The van der Waals surface area contributed by atoms with E-state index in [1.54, 1.807) is 12.1 Å². The summed E-state index contributed by atoms with van der Waals surface area (Å²) in [7, 11) is 0. The van der Waals surface area contributed by atoms with Crippen LogP contribution in [0.5, 0.6) is 0 Å². The summed E-state index contributed by atoms with van der Waals surface area (Å²) in [5.41, 5.74) is 6.37. The van der Waals surface area contributed by atoms with Crippen LogP contribution in [-0.2, 0) is 0 Å². The molecule has 0 amide bonds. The number of hydrogen-bond donors (Lipinski definition) is 2. The average molecular weight is 198 g/mol. The quantitative estimate of drug-likeness (QED) is 0.730. The second kappa shape index (κ2) is 3.42. The van der Waals surface area contributed by atoms with Crippen molar-refractivity contribution < 1.29 is 0 Å². The summed E-state index contributed by atoms with van der Waals surface area (Å²) in [6.07, 6.45) is 2.63. The number of hydrogen-bond acceptors (Lipinski definition) is 3. The van der Waals surface area contributed by atoms with Crippen LogP contribution in [0.3, 0.4) is 0 Å². The lowest BCUT2D eigenvalue weighted by atomic mass is 10.3. The first kappa shape index (κ1) is 8.63. The summed E-state index contributed by atoms with van der Waals surface area (Å²) in [6.45, 7) is 0.956. The summed E-state index contributed by atoms with van der Waals surface area (Å²) in [5, 5.41) is 3.67. The van der Waals surface area contributed by atoms with Crippen LogP contribution in [0.2, 0.25) is 5.15 Å². The van der Waals surface area contributed by atoms with E-state index in [0.29, 0.717) is 16.7 Å². The molecule has 2 rings (SSSR count). The highest BCUT2D eigenvalue weighted by Crippen LogP contribution is 2.29. The second-order valence-electron chi connectivity index (χ2n) is 3.40. The Bertz CT molecular complexity index is 310. The summed E-state index contributed by atoms with van der Waals surface area (Å²) in [5.74, 6) is 1.51. The molecule has 4 heteroatoms. The van der Waals surface area contributed by atoms with Crippen LogP contribution >= 0.6 is 11.6 Å². The largest absolute Gasteiger partial charge is 0.396 e. The molecule has 1 fully saturated rings. The molecule has 0 aromatic carbocycles. The predicted molar refractivity (Wildman–Crippen MR) is 54.9 cm³/mol. The SMILES string of the molecule is Nc1ccc(Cl)nc1NCC1CC1. The molecule has 0 spiro atoms. The topological polar surface area (TPSA) is 50.9 Å². The Balaban J connectivity index is 2.03. The maximum Gasteiger partial charge on any atom is 0.150 e. The van der Waals surface area contributed by atoms with Gasteiger partial charge in [-0.05, 0) is 30.9 Å². The number of nitrogens with one attached hydrogen (secondary N) is 1. The molecule has 0 atom stereocenters. The molecule has 13 heavy (non-hydrogen) atoms. The number of nitrogen functional groups attached to an aromatic ring is 1. The van der Waals surface area contributed by atoms with Gasteiger partial charge in [0, 0.05) is 6.54 Å². The van der Waals surface area contributed by atoms with E-state index in [-0.39, 0.29) is 0 Å². The monoisotopic (exact) mass is 197 g/mol. The van der Waals surface area contributed by atoms with Crippen molar-refractivity contribution in [3.63, 3.8) is 0 Å². The molecule has 0 unspecified atom stereocenters. The molecular formula is C9H12ClN3. The van der Waals surface area contributed by atoms with Gasteiger partial charge in [0.15, 0.2) is 5.82 Å². The van der Waals surface area contributed by atoms with Gasteiger partial charge in [0.2, 0.25) is 0 Å². The maximum absolute atomic E-state index is 5.74. The summed E-state index contributed by atoms with van der Waals surface area (Å²) in [6, 6.07) is 3.46. The fourth-order valence-corrected chi connectivity index (χ4v) is 1.30. The van der Waals surface area contributed by atoms with Crippen molar-refractivity contribution in [1.82, 2.24) is 4.98 Å². The number of nitrogens with zero attached hydrogens (tertiary/aromatic N) is 1. The molecule has 70 valence electrons. The van der Waals surface area contributed by atoms with Crippen molar-refractivity contribution in [2.45, 2.75) is 12.8 Å². The van der Waals surface area contributed by atoms with Gasteiger partial charge in [0.25, 0.3) is 0 Å². The molecule has 3 nitrogen and oxygen atoms in total. The Kier molecular flexibility index (Phi) is 2.27. The van der Waals surface area contributed by atoms with E-state index in [2.05, 4.69) is 10.3 Å². The zero-order chi connectivity index (χ0) is 9.26. The lowest BCUT2D eigenvalue weighted by Gasteiger charge is -2.07. The number of halogens is 1. The standard InChI is InChI=1S/C9H12ClN3/c10-8-4-3-7(11)9(13-8)12-5-6-1-2-6/h3-4,6H,1-2,5,11H2,(H,12,13). The minimum Gasteiger partial charge on any atom is -0.396 e. The highest BCUT2D eigenvalue weighted by molar-refractivity contribution is 6.29. The van der Waals surface area contributed by atoms with Gasteiger partial charge in [-0.3, -0.25) is 0 Å². The third kappa shape index (κ3) is 2.25. The Labute approximate surface area is 82.3 Å². The lowest BCUT2D eigenvalue weighted by molar-refractivity contribution is 0.883. The zero-order valence-electron chi connectivity index (χ0n) is 7.26. The van der Waals surface area contributed by atoms with Crippen molar-refractivity contribution in [2.75, 3.05) is 17.6 Å². The molecule has 0 bridgehead atoms. The minimum absolute atomic E-state index is 0.479. The van der Waals surface area contributed by atoms with Gasteiger partial charge < -0.3 is 11.1 Å². The third-order valence-corrected chi connectivity index (χ3v) is 2.36. The first-order valence-corrected chi connectivity index (χ1v) is 4.79. The Morgan fingerprint density at radius 1 is 1.54 bits per heavy atom. The number of pyridine rings is 1. The summed E-state index contributed by atoms with van der Waals surface area (Å²) in [4.78, 5) is 4.10. The highest BCUT2D eigenvalue weighted by atomic mass is 35.5. The van der Waals surface area contributed by atoms with Crippen LogP contribution in [0.4, 0.5) is 11.5 Å². The van der Waals surface area contributed by atoms with Crippen molar-refractivity contribution in [3.05, 3.63) is 17.3 Å². The number of anilines is 2. The van der Waals surface area contributed by atoms with E-state index in [1.807, 2.05) is 0 Å². The highest BCUT2D eigenvalue weighted by Gasteiger charge is 2.21. The van der Waals surface area contributed by atoms with Crippen molar-refractivity contribution in [1.29, 1.82) is 0 Å². The predicted octanol–water partition coefficient (Wildman–Crippen LogP) is 2.14. The molecule has 1 aromatic rings. The average Bonchev–Trinajstić information content (AvgIpc) is 2.90. The van der Waals surface area contributed by atoms with Gasteiger partial charge in [0.05, 0.1) is 5.69 Å². The van der Waals surface area contributed by atoms with Crippen LogP contribution in [0.15, 0.2) is 12.1 Å².